The molecule has 21 heavy (non-hydrogen) atoms. The normalized spacial score (nSPS) is 12.4. The molecular formula is C18H28O3. The van der Waals surface area contributed by atoms with Gasteiger partial charge in [0, 0.05) is 0 Å². The van der Waals surface area contributed by atoms with Crippen molar-refractivity contribution in [3.63, 3.8) is 0 Å². The van der Waals surface area contributed by atoms with Gasteiger partial charge in [0.05, 0.1) is 6.61 Å². The van der Waals surface area contributed by atoms with Crippen molar-refractivity contribution in [2.24, 2.45) is 5.92 Å². The molecule has 3 heteroatoms. The van der Waals surface area contributed by atoms with Crippen LogP contribution in [0.2, 0.25) is 0 Å². The molecule has 1 unspecified atom stereocenters. The van der Waals surface area contributed by atoms with Crippen molar-refractivity contribution >= 4 is 5.97 Å². The molecule has 1 atom stereocenters. The van der Waals surface area contributed by atoms with E-state index in [0.717, 1.165) is 31.2 Å². The maximum absolute atomic E-state index is 11.5. The van der Waals surface area contributed by atoms with Crippen LogP contribution in [0.4, 0.5) is 0 Å². The summed E-state index contributed by atoms with van der Waals surface area (Å²) in [6.45, 7) is 9.14. The third-order valence-electron chi connectivity index (χ3n) is 3.79. The molecule has 0 saturated heterocycles. The van der Waals surface area contributed by atoms with Crippen molar-refractivity contribution < 1.29 is 14.6 Å². The maximum atomic E-state index is 11.5. The number of aromatic carboxylic acids is 1. The zero-order valence-electron chi connectivity index (χ0n) is 13.7. The molecule has 1 aromatic rings. The standard InChI is InChI=1S/C18H28O3/c1-5-8-14(6-2)15-9-7-10-16(18(19)20)17(15)21-12-11-13(3)4/h7,9-10,13-14H,5-6,8,11-12H2,1-4H3,(H,19,20). The highest BCUT2D eigenvalue weighted by molar-refractivity contribution is 5.91. The van der Waals surface area contributed by atoms with Gasteiger partial charge < -0.3 is 9.84 Å². The maximum Gasteiger partial charge on any atom is 0.339 e. The number of rotatable bonds is 9. The number of carbonyl (C=O) groups is 1. The van der Waals surface area contributed by atoms with Crippen LogP contribution in [0.5, 0.6) is 5.75 Å². The van der Waals surface area contributed by atoms with Crippen LogP contribution in [-0.4, -0.2) is 17.7 Å². The lowest BCUT2D eigenvalue weighted by molar-refractivity contribution is 0.0691. The van der Waals surface area contributed by atoms with Gasteiger partial charge in [-0.25, -0.2) is 4.79 Å². The Morgan fingerprint density at radius 1 is 1.24 bits per heavy atom. The van der Waals surface area contributed by atoms with Gasteiger partial charge in [0.2, 0.25) is 0 Å². The molecule has 0 aliphatic rings. The van der Waals surface area contributed by atoms with E-state index >= 15 is 0 Å². The summed E-state index contributed by atoms with van der Waals surface area (Å²) in [5, 5.41) is 9.40. The van der Waals surface area contributed by atoms with E-state index in [2.05, 4.69) is 27.7 Å². The Kier molecular flexibility index (Phi) is 7.27. The van der Waals surface area contributed by atoms with Crippen LogP contribution in [0.15, 0.2) is 18.2 Å². The predicted octanol–water partition coefficient (Wildman–Crippen LogP) is 5.10. The molecule has 0 saturated carbocycles. The third kappa shape index (κ3) is 5.07. The van der Waals surface area contributed by atoms with Crippen molar-refractivity contribution in [2.45, 2.75) is 59.3 Å². The second-order valence-corrected chi connectivity index (χ2v) is 5.95. The zero-order chi connectivity index (χ0) is 15.8. The highest BCUT2D eigenvalue weighted by Gasteiger charge is 2.20. The minimum atomic E-state index is -0.914. The van der Waals surface area contributed by atoms with E-state index in [1.165, 1.54) is 0 Å². The zero-order valence-corrected chi connectivity index (χ0v) is 13.7. The Hall–Kier alpha value is -1.51. The summed E-state index contributed by atoms with van der Waals surface area (Å²) in [6, 6.07) is 5.47. The van der Waals surface area contributed by atoms with Crippen molar-refractivity contribution in [3.8, 4) is 5.75 Å². The number of para-hydroxylation sites is 1. The summed E-state index contributed by atoms with van der Waals surface area (Å²) in [5.41, 5.74) is 1.33. The van der Waals surface area contributed by atoms with Crippen LogP contribution in [0.25, 0.3) is 0 Å². The van der Waals surface area contributed by atoms with Crippen LogP contribution in [0.3, 0.4) is 0 Å². The molecule has 1 N–H and O–H groups in total. The number of carboxylic acid groups (broad SMARTS) is 1. The van der Waals surface area contributed by atoms with E-state index in [0.29, 0.717) is 24.2 Å². The second-order valence-electron chi connectivity index (χ2n) is 5.95. The van der Waals surface area contributed by atoms with Crippen molar-refractivity contribution in [1.29, 1.82) is 0 Å². The van der Waals surface area contributed by atoms with Gasteiger partial charge in [-0.2, -0.15) is 0 Å². The van der Waals surface area contributed by atoms with Crippen molar-refractivity contribution in [2.75, 3.05) is 6.61 Å². The summed E-state index contributed by atoms with van der Waals surface area (Å²) < 4.78 is 5.89. The molecule has 1 aromatic carbocycles. The van der Waals surface area contributed by atoms with Crippen LogP contribution < -0.4 is 4.74 Å². The second kappa shape index (κ2) is 8.71. The molecule has 0 aliphatic carbocycles. The molecule has 0 radical (unpaired) electrons. The van der Waals surface area contributed by atoms with E-state index < -0.39 is 5.97 Å². The van der Waals surface area contributed by atoms with E-state index in [1.54, 1.807) is 6.07 Å². The van der Waals surface area contributed by atoms with Crippen LogP contribution >= 0.6 is 0 Å². The Labute approximate surface area is 128 Å². The highest BCUT2D eigenvalue weighted by Crippen LogP contribution is 2.35. The summed E-state index contributed by atoms with van der Waals surface area (Å²) >= 11 is 0. The van der Waals surface area contributed by atoms with Gasteiger partial charge in [-0.15, -0.1) is 0 Å². The van der Waals surface area contributed by atoms with Crippen molar-refractivity contribution in [3.05, 3.63) is 29.3 Å². The number of hydrogen-bond acceptors (Lipinski definition) is 2. The molecule has 0 fully saturated rings. The Bertz CT molecular complexity index is 452. The Balaban J connectivity index is 3.10. The number of benzene rings is 1. The third-order valence-corrected chi connectivity index (χ3v) is 3.79. The van der Waals surface area contributed by atoms with Crippen molar-refractivity contribution in [1.82, 2.24) is 0 Å². The highest BCUT2D eigenvalue weighted by atomic mass is 16.5. The van der Waals surface area contributed by atoms with Gasteiger partial charge in [-0.1, -0.05) is 46.2 Å². The number of hydrogen-bond donors (Lipinski definition) is 1. The molecule has 0 aliphatic heterocycles. The van der Waals surface area contributed by atoms with E-state index in [9.17, 15) is 9.90 Å². The molecule has 0 bridgehead atoms. The summed E-state index contributed by atoms with van der Waals surface area (Å²) in [5.74, 6) is 0.570. The summed E-state index contributed by atoms with van der Waals surface area (Å²) in [6.07, 6.45) is 4.07. The first-order valence-electron chi connectivity index (χ1n) is 8.00. The minimum absolute atomic E-state index is 0.283. The first-order valence-corrected chi connectivity index (χ1v) is 8.00. The molecule has 0 aromatic heterocycles. The van der Waals surface area contributed by atoms with Crippen LogP contribution in [0.1, 0.15) is 75.2 Å². The summed E-state index contributed by atoms with van der Waals surface area (Å²) in [7, 11) is 0. The molecule has 0 amide bonds. The smallest absolute Gasteiger partial charge is 0.339 e. The first kappa shape index (κ1) is 17.5. The van der Waals surface area contributed by atoms with E-state index in [1.807, 2.05) is 12.1 Å². The van der Waals surface area contributed by atoms with Crippen LogP contribution in [0, 0.1) is 5.92 Å². The number of carboxylic acids is 1. The van der Waals surface area contributed by atoms with Gasteiger partial charge >= 0.3 is 5.97 Å². The Morgan fingerprint density at radius 3 is 2.48 bits per heavy atom. The molecule has 0 spiro atoms. The number of ether oxygens (including phenoxy) is 1. The predicted molar refractivity (Wildman–Crippen MR) is 86.3 cm³/mol. The average molecular weight is 292 g/mol. The van der Waals surface area contributed by atoms with Gasteiger partial charge in [-0.3, -0.25) is 0 Å². The Morgan fingerprint density at radius 2 is 1.95 bits per heavy atom. The van der Waals surface area contributed by atoms with E-state index in [4.69, 9.17) is 4.74 Å². The molecule has 118 valence electrons. The SMILES string of the molecule is CCCC(CC)c1cccc(C(=O)O)c1OCCC(C)C. The minimum Gasteiger partial charge on any atom is -0.492 e. The molecule has 0 heterocycles. The quantitative estimate of drug-likeness (QED) is 0.688. The van der Waals surface area contributed by atoms with Gasteiger partial charge in [-0.05, 0) is 42.7 Å². The lowest BCUT2D eigenvalue weighted by Crippen LogP contribution is -2.10. The monoisotopic (exact) mass is 292 g/mol. The van der Waals surface area contributed by atoms with Gasteiger partial charge in [0.25, 0.3) is 0 Å². The lowest BCUT2D eigenvalue weighted by atomic mass is 9.90. The van der Waals surface area contributed by atoms with E-state index in [-0.39, 0.29) is 5.56 Å². The van der Waals surface area contributed by atoms with Gasteiger partial charge in [0.15, 0.2) is 0 Å². The molecule has 1 rings (SSSR count). The fourth-order valence-electron chi connectivity index (χ4n) is 2.53. The largest absolute Gasteiger partial charge is 0.492 e. The van der Waals surface area contributed by atoms with Crippen LogP contribution in [-0.2, 0) is 0 Å². The molecular weight excluding hydrogens is 264 g/mol. The average Bonchev–Trinajstić information content (AvgIpc) is 2.44. The van der Waals surface area contributed by atoms with Gasteiger partial charge in [0.1, 0.15) is 11.3 Å². The molecule has 3 nitrogen and oxygen atoms in total. The first-order chi connectivity index (χ1) is 10.0. The fourth-order valence-corrected chi connectivity index (χ4v) is 2.53. The summed E-state index contributed by atoms with van der Waals surface area (Å²) in [4.78, 5) is 11.5. The topological polar surface area (TPSA) is 46.5 Å². The lowest BCUT2D eigenvalue weighted by Gasteiger charge is -2.21. The fraction of sp³-hybridized carbons (Fsp3) is 0.611.